The molecule has 2 amide bonds. The largest absolute Gasteiger partial charge is 0.351 e. The summed E-state index contributed by atoms with van der Waals surface area (Å²) in [6, 6.07) is 15.8. The van der Waals surface area contributed by atoms with Gasteiger partial charge in [0, 0.05) is 19.2 Å². The number of anilines is 1. The molecular weight excluding hydrogens is 312 g/mol. The van der Waals surface area contributed by atoms with Crippen molar-refractivity contribution in [1.82, 2.24) is 5.32 Å². The standard InChI is InChI=1S/C21H24N2O2/c1-15-4-6-17(7-5-15)14-22-20(25)21(12-3-13-21)18-8-10-19(11-9-18)23-16(2)24/h4-11H,3,12-14H2,1-2H3,(H,22,25)(H,23,24). The minimum absolute atomic E-state index is 0.0894. The third-order valence-corrected chi connectivity index (χ3v) is 4.97. The van der Waals surface area contributed by atoms with Crippen LogP contribution in [0, 0.1) is 6.92 Å². The van der Waals surface area contributed by atoms with Gasteiger partial charge in [-0.3, -0.25) is 9.59 Å². The number of carbonyl (C=O) groups excluding carboxylic acids is 2. The van der Waals surface area contributed by atoms with Crippen molar-refractivity contribution in [3.63, 3.8) is 0 Å². The summed E-state index contributed by atoms with van der Waals surface area (Å²) < 4.78 is 0. The van der Waals surface area contributed by atoms with E-state index in [-0.39, 0.29) is 11.8 Å². The number of hydrogen-bond donors (Lipinski definition) is 2. The van der Waals surface area contributed by atoms with E-state index in [9.17, 15) is 9.59 Å². The molecule has 4 heteroatoms. The highest BCUT2D eigenvalue weighted by Gasteiger charge is 2.45. The van der Waals surface area contributed by atoms with Gasteiger partial charge >= 0.3 is 0 Å². The van der Waals surface area contributed by atoms with Gasteiger partial charge in [-0.15, -0.1) is 0 Å². The number of aryl methyl sites for hydroxylation is 1. The van der Waals surface area contributed by atoms with Crippen molar-refractivity contribution in [2.24, 2.45) is 0 Å². The molecule has 130 valence electrons. The maximum absolute atomic E-state index is 12.9. The van der Waals surface area contributed by atoms with Crippen LogP contribution in [-0.2, 0) is 21.5 Å². The summed E-state index contributed by atoms with van der Waals surface area (Å²) in [4.78, 5) is 24.0. The molecule has 0 bridgehead atoms. The molecule has 3 rings (SSSR count). The van der Waals surface area contributed by atoms with E-state index < -0.39 is 5.41 Å². The molecule has 1 aliphatic rings. The van der Waals surface area contributed by atoms with Crippen molar-refractivity contribution in [3.05, 3.63) is 65.2 Å². The number of benzene rings is 2. The maximum Gasteiger partial charge on any atom is 0.230 e. The van der Waals surface area contributed by atoms with Gasteiger partial charge in [-0.05, 0) is 43.0 Å². The molecule has 0 atom stereocenters. The van der Waals surface area contributed by atoms with Gasteiger partial charge in [0.15, 0.2) is 0 Å². The predicted molar refractivity (Wildman–Crippen MR) is 99.3 cm³/mol. The minimum atomic E-state index is -0.431. The number of amides is 2. The molecule has 1 saturated carbocycles. The number of carbonyl (C=O) groups is 2. The molecule has 2 aromatic rings. The molecule has 2 N–H and O–H groups in total. The Morgan fingerprint density at radius 2 is 1.64 bits per heavy atom. The second-order valence-corrected chi connectivity index (χ2v) is 6.86. The van der Waals surface area contributed by atoms with E-state index in [2.05, 4.69) is 29.7 Å². The average molecular weight is 336 g/mol. The third-order valence-electron chi connectivity index (χ3n) is 4.97. The second kappa shape index (κ2) is 7.09. The first-order chi connectivity index (χ1) is 12.0. The maximum atomic E-state index is 12.9. The van der Waals surface area contributed by atoms with Gasteiger partial charge in [0.2, 0.25) is 11.8 Å². The summed E-state index contributed by atoms with van der Waals surface area (Å²) in [5.41, 5.74) is 3.67. The number of nitrogens with one attached hydrogen (secondary N) is 2. The van der Waals surface area contributed by atoms with Gasteiger partial charge in [0.05, 0.1) is 5.41 Å². The van der Waals surface area contributed by atoms with Crippen LogP contribution in [0.4, 0.5) is 5.69 Å². The monoisotopic (exact) mass is 336 g/mol. The number of rotatable bonds is 5. The summed E-state index contributed by atoms with van der Waals surface area (Å²) >= 11 is 0. The van der Waals surface area contributed by atoms with E-state index in [1.165, 1.54) is 12.5 Å². The van der Waals surface area contributed by atoms with Gasteiger partial charge in [-0.1, -0.05) is 48.4 Å². The molecule has 0 unspecified atom stereocenters. The Morgan fingerprint density at radius 1 is 1.00 bits per heavy atom. The smallest absolute Gasteiger partial charge is 0.230 e. The highest BCUT2D eigenvalue weighted by atomic mass is 16.2. The van der Waals surface area contributed by atoms with Crippen LogP contribution in [-0.4, -0.2) is 11.8 Å². The van der Waals surface area contributed by atoms with Crippen LogP contribution in [0.5, 0.6) is 0 Å². The normalized spacial score (nSPS) is 15.1. The topological polar surface area (TPSA) is 58.2 Å². The lowest BCUT2D eigenvalue weighted by molar-refractivity contribution is -0.130. The molecular formula is C21H24N2O2. The van der Waals surface area contributed by atoms with Crippen molar-refractivity contribution < 1.29 is 9.59 Å². The van der Waals surface area contributed by atoms with E-state index in [0.717, 1.165) is 36.1 Å². The number of hydrogen-bond acceptors (Lipinski definition) is 2. The molecule has 25 heavy (non-hydrogen) atoms. The average Bonchev–Trinajstić information content (AvgIpc) is 2.54. The zero-order valence-corrected chi connectivity index (χ0v) is 14.8. The summed E-state index contributed by atoms with van der Waals surface area (Å²) in [6.45, 7) is 4.08. The minimum Gasteiger partial charge on any atom is -0.351 e. The molecule has 1 aliphatic carbocycles. The molecule has 0 aromatic heterocycles. The lowest BCUT2D eigenvalue weighted by Gasteiger charge is -2.40. The molecule has 4 nitrogen and oxygen atoms in total. The van der Waals surface area contributed by atoms with Crippen LogP contribution in [0.2, 0.25) is 0 Å². The lowest BCUT2D eigenvalue weighted by atomic mass is 9.63. The Balaban J connectivity index is 1.70. The van der Waals surface area contributed by atoms with Crippen LogP contribution in [0.25, 0.3) is 0 Å². The Hall–Kier alpha value is -2.62. The zero-order chi connectivity index (χ0) is 17.9. The molecule has 0 aliphatic heterocycles. The van der Waals surface area contributed by atoms with Crippen molar-refractivity contribution in [1.29, 1.82) is 0 Å². The van der Waals surface area contributed by atoms with Gasteiger partial charge in [0.25, 0.3) is 0 Å². The molecule has 0 saturated heterocycles. The summed E-state index contributed by atoms with van der Waals surface area (Å²) in [7, 11) is 0. The summed E-state index contributed by atoms with van der Waals surface area (Å²) in [5, 5.41) is 5.86. The molecule has 0 spiro atoms. The summed E-state index contributed by atoms with van der Waals surface area (Å²) in [6.07, 6.45) is 2.80. The van der Waals surface area contributed by atoms with Crippen molar-refractivity contribution in [2.75, 3.05) is 5.32 Å². The molecule has 0 radical (unpaired) electrons. The molecule has 0 heterocycles. The SMILES string of the molecule is CC(=O)Nc1ccc(C2(C(=O)NCc3ccc(C)cc3)CCC2)cc1. The first-order valence-electron chi connectivity index (χ1n) is 8.72. The van der Waals surface area contributed by atoms with Crippen LogP contribution in [0.15, 0.2) is 48.5 Å². The first-order valence-corrected chi connectivity index (χ1v) is 8.72. The van der Waals surface area contributed by atoms with Gasteiger partial charge in [0.1, 0.15) is 0 Å². The molecule has 1 fully saturated rings. The highest BCUT2D eigenvalue weighted by molar-refractivity contribution is 5.90. The third kappa shape index (κ3) is 3.73. The van der Waals surface area contributed by atoms with Gasteiger partial charge < -0.3 is 10.6 Å². The highest BCUT2D eigenvalue weighted by Crippen LogP contribution is 2.44. The van der Waals surface area contributed by atoms with Crippen molar-refractivity contribution >= 4 is 17.5 Å². The van der Waals surface area contributed by atoms with E-state index in [4.69, 9.17) is 0 Å². The summed E-state index contributed by atoms with van der Waals surface area (Å²) in [5.74, 6) is -0.00597. The van der Waals surface area contributed by atoms with Gasteiger partial charge in [-0.25, -0.2) is 0 Å². The van der Waals surface area contributed by atoms with Crippen LogP contribution in [0.3, 0.4) is 0 Å². The van der Waals surface area contributed by atoms with E-state index in [1.807, 2.05) is 36.4 Å². The van der Waals surface area contributed by atoms with Gasteiger partial charge in [-0.2, -0.15) is 0 Å². The van der Waals surface area contributed by atoms with Crippen LogP contribution < -0.4 is 10.6 Å². The fourth-order valence-electron chi connectivity index (χ4n) is 3.31. The van der Waals surface area contributed by atoms with E-state index >= 15 is 0 Å². The second-order valence-electron chi connectivity index (χ2n) is 6.86. The Labute approximate surface area is 148 Å². The predicted octanol–water partition coefficient (Wildman–Crippen LogP) is 3.69. The Bertz CT molecular complexity index is 759. The van der Waals surface area contributed by atoms with E-state index in [0.29, 0.717) is 6.54 Å². The first kappa shape index (κ1) is 17.2. The van der Waals surface area contributed by atoms with Crippen molar-refractivity contribution in [3.8, 4) is 0 Å². The Morgan fingerprint density at radius 3 is 2.16 bits per heavy atom. The van der Waals surface area contributed by atoms with Crippen LogP contribution >= 0.6 is 0 Å². The van der Waals surface area contributed by atoms with Crippen molar-refractivity contribution in [2.45, 2.75) is 45.1 Å². The van der Waals surface area contributed by atoms with Crippen LogP contribution in [0.1, 0.15) is 42.9 Å². The molecule has 2 aromatic carbocycles. The fraction of sp³-hybridized carbons (Fsp3) is 0.333. The lowest BCUT2D eigenvalue weighted by Crippen LogP contribution is -2.49. The zero-order valence-electron chi connectivity index (χ0n) is 14.8. The quantitative estimate of drug-likeness (QED) is 0.875. The Kier molecular flexibility index (Phi) is 4.88. The van der Waals surface area contributed by atoms with E-state index in [1.54, 1.807) is 0 Å². The fourth-order valence-corrected chi connectivity index (χ4v) is 3.31.